The van der Waals surface area contributed by atoms with Crippen LogP contribution in [0.5, 0.6) is 5.75 Å². The largest absolute Gasteiger partial charge is 0.485 e. The third kappa shape index (κ3) is 12.7. The summed E-state index contributed by atoms with van der Waals surface area (Å²) in [5.74, 6) is -0.0465. The van der Waals surface area contributed by atoms with E-state index in [0.717, 1.165) is 31.4 Å². The molecule has 6 N–H and O–H groups in total. The van der Waals surface area contributed by atoms with Gasteiger partial charge in [-0.05, 0) is 59.5 Å². The van der Waals surface area contributed by atoms with Gasteiger partial charge in [-0.25, -0.2) is 14.6 Å². The maximum absolute atomic E-state index is 13.8. The molecule has 0 aliphatic heterocycles. The Morgan fingerprint density at radius 3 is 2.15 bits per heavy atom. The van der Waals surface area contributed by atoms with Gasteiger partial charge in [0.1, 0.15) is 25.0 Å². The molecule has 0 heterocycles. The van der Waals surface area contributed by atoms with Gasteiger partial charge in [0.05, 0.1) is 5.56 Å². The average molecular weight is 663 g/mol. The van der Waals surface area contributed by atoms with Crippen LogP contribution in [-0.2, 0) is 40.3 Å². The van der Waals surface area contributed by atoms with E-state index in [-0.39, 0.29) is 38.3 Å². The second kappa shape index (κ2) is 18.7. The van der Waals surface area contributed by atoms with E-state index in [9.17, 15) is 22.8 Å². The van der Waals surface area contributed by atoms with Crippen molar-refractivity contribution in [2.24, 2.45) is 0 Å². The summed E-state index contributed by atoms with van der Waals surface area (Å²) in [5, 5.41) is 23.1. The molecule has 256 valence electrons. The number of alkyl halides is 3. The minimum atomic E-state index is -4.55. The van der Waals surface area contributed by atoms with Gasteiger partial charge in [-0.15, -0.1) is 0 Å². The molecule has 3 aromatic carbocycles. The lowest BCUT2D eigenvalue weighted by Crippen LogP contribution is -2.52. The van der Waals surface area contributed by atoms with E-state index < -0.39 is 35.8 Å². The third-order valence-corrected chi connectivity index (χ3v) is 7.15. The van der Waals surface area contributed by atoms with Gasteiger partial charge in [-0.1, -0.05) is 56.2 Å². The number of nitrogens with two attached hydrogens (primary N) is 1. The number of benzene rings is 3. The zero-order valence-corrected chi connectivity index (χ0v) is 26.0. The Kier molecular flexibility index (Phi) is 14.8. The van der Waals surface area contributed by atoms with Crippen LogP contribution < -0.4 is 21.1 Å². The van der Waals surface area contributed by atoms with E-state index in [1.807, 2.05) is 6.92 Å². The van der Waals surface area contributed by atoms with Crippen LogP contribution in [0.15, 0.2) is 72.8 Å². The molecule has 0 aromatic heterocycles. The highest BCUT2D eigenvalue weighted by atomic mass is 19.4. The van der Waals surface area contributed by atoms with Crippen LogP contribution in [0.2, 0.25) is 0 Å². The molecule has 0 bridgehead atoms. The SMILES string of the molecule is CCCCCNC(=O)C(Cc1ccc(OC(COO)COO)cc1)NC(=O)N(Cc1ccc(N)cc1)Cc1cccc(C(F)(F)F)c1. The number of nitrogens with one attached hydrogen (secondary N) is 2. The standard InChI is InChI=1S/C33H41F3N4O7/c1-2-3-4-16-38-31(41)30(18-23-10-14-28(15-11-23)47-29(21-45-43)22-46-44)39-32(42)40(19-24-8-12-27(37)13-9-24)20-25-6-5-7-26(17-25)33(34,35)36/h5-15,17,29-30,43-44H,2-4,16,18-22,37H2,1H3,(H,38,41)(H,39,42). The van der Waals surface area contributed by atoms with Gasteiger partial charge in [0.2, 0.25) is 5.91 Å². The van der Waals surface area contributed by atoms with Gasteiger partial charge in [0.15, 0.2) is 6.10 Å². The predicted molar refractivity (Wildman–Crippen MR) is 168 cm³/mol. The Labute approximate surface area is 271 Å². The van der Waals surface area contributed by atoms with E-state index >= 15 is 0 Å². The fourth-order valence-corrected chi connectivity index (χ4v) is 4.68. The maximum atomic E-state index is 13.8. The van der Waals surface area contributed by atoms with Gasteiger partial charge in [0.25, 0.3) is 0 Å². The Balaban J connectivity index is 1.84. The highest BCUT2D eigenvalue weighted by molar-refractivity contribution is 5.87. The molecule has 1 atom stereocenters. The molecule has 14 heteroatoms. The summed E-state index contributed by atoms with van der Waals surface area (Å²) in [6.45, 7) is 1.80. The molecule has 0 saturated heterocycles. The Morgan fingerprint density at radius 2 is 1.53 bits per heavy atom. The molecular weight excluding hydrogens is 621 g/mol. The van der Waals surface area contributed by atoms with E-state index in [2.05, 4.69) is 20.4 Å². The number of amides is 3. The first kappa shape index (κ1) is 37.1. The van der Waals surface area contributed by atoms with Crippen LogP contribution in [-0.4, -0.2) is 59.3 Å². The van der Waals surface area contributed by atoms with Crippen molar-refractivity contribution in [1.82, 2.24) is 15.5 Å². The van der Waals surface area contributed by atoms with E-state index in [0.29, 0.717) is 29.1 Å². The predicted octanol–water partition coefficient (Wildman–Crippen LogP) is 5.64. The number of halogens is 3. The van der Waals surface area contributed by atoms with Crippen molar-refractivity contribution in [3.8, 4) is 5.75 Å². The summed E-state index contributed by atoms with van der Waals surface area (Å²) >= 11 is 0. The Morgan fingerprint density at radius 1 is 0.894 bits per heavy atom. The first-order valence-corrected chi connectivity index (χ1v) is 15.1. The fourth-order valence-electron chi connectivity index (χ4n) is 4.68. The number of anilines is 1. The molecule has 3 rings (SSSR count). The van der Waals surface area contributed by atoms with Crippen LogP contribution in [0, 0.1) is 0 Å². The van der Waals surface area contributed by atoms with Crippen LogP contribution in [0.4, 0.5) is 23.7 Å². The number of ether oxygens (including phenoxy) is 1. The van der Waals surface area contributed by atoms with Crippen molar-refractivity contribution >= 4 is 17.6 Å². The van der Waals surface area contributed by atoms with Crippen molar-refractivity contribution in [3.05, 3.63) is 95.1 Å². The van der Waals surface area contributed by atoms with Crippen LogP contribution in [0.1, 0.15) is 48.4 Å². The first-order chi connectivity index (χ1) is 22.5. The lowest BCUT2D eigenvalue weighted by atomic mass is 10.0. The van der Waals surface area contributed by atoms with Crippen molar-refractivity contribution in [2.75, 3.05) is 25.5 Å². The molecule has 0 fully saturated rings. The van der Waals surface area contributed by atoms with Crippen LogP contribution in [0.25, 0.3) is 0 Å². The minimum Gasteiger partial charge on any atom is -0.485 e. The average Bonchev–Trinajstić information content (AvgIpc) is 3.04. The lowest BCUT2D eigenvalue weighted by Gasteiger charge is -2.27. The van der Waals surface area contributed by atoms with Gasteiger partial charge in [-0.3, -0.25) is 15.3 Å². The molecular formula is C33H41F3N4O7. The second-order valence-electron chi connectivity index (χ2n) is 11.0. The Hall–Kier alpha value is -4.37. The summed E-state index contributed by atoms with van der Waals surface area (Å²) in [6, 6.07) is 16.4. The molecule has 0 aliphatic rings. The monoisotopic (exact) mass is 662 g/mol. The topological polar surface area (TPSA) is 156 Å². The van der Waals surface area contributed by atoms with Crippen molar-refractivity contribution in [1.29, 1.82) is 0 Å². The number of hydrogen-bond donors (Lipinski definition) is 5. The summed E-state index contributed by atoms with van der Waals surface area (Å²) in [4.78, 5) is 36.6. The summed E-state index contributed by atoms with van der Waals surface area (Å²) in [5.41, 5.74) is 7.10. The number of nitrogens with zero attached hydrogens (tertiary/aromatic N) is 1. The van der Waals surface area contributed by atoms with Crippen molar-refractivity contribution < 1.29 is 47.8 Å². The van der Waals surface area contributed by atoms with Gasteiger partial charge in [0, 0.05) is 31.7 Å². The number of hydrogen-bond acceptors (Lipinski definition) is 8. The summed E-state index contributed by atoms with van der Waals surface area (Å²) < 4.78 is 45.9. The molecule has 1 unspecified atom stereocenters. The lowest BCUT2D eigenvalue weighted by molar-refractivity contribution is -0.286. The third-order valence-electron chi connectivity index (χ3n) is 7.15. The molecule has 47 heavy (non-hydrogen) atoms. The molecule has 3 amide bonds. The molecule has 0 aliphatic carbocycles. The molecule has 3 aromatic rings. The van der Waals surface area contributed by atoms with E-state index in [4.69, 9.17) is 21.0 Å². The smallest absolute Gasteiger partial charge is 0.416 e. The highest BCUT2D eigenvalue weighted by Crippen LogP contribution is 2.30. The Bertz CT molecular complexity index is 1390. The molecule has 0 radical (unpaired) electrons. The number of urea groups is 1. The summed E-state index contributed by atoms with van der Waals surface area (Å²) in [6.07, 6.45) is -2.65. The number of rotatable bonds is 18. The maximum Gasteiger partial charge on any atom is 0.416 e. The first-order valence-electron chi connectivity index (χ1n) is 15.1. The van der Waals surface area contributed by atoms with Gasteiger partial charge >= 0.3 is 12.2 Å². The zero-order valence-electron chi connectivity index (χ0n) is 26.0. The van der Waals surface area contributed by atoms with E-state index in [1.165, 1.54) is 17.0 Å². The number of carbonyl (C=O) groups excluding carboxylic acids is 2. The van der Waals surface area contributed by atoms with Gasteiger partial charge < -0.3 is 26.0 Å². The minimum absolute atomic E-state index is 0.0372. The van der Waals surface area contributed by atoms with Crippen molar-refractivity contribution in [3.63, 3.8) is 0 Å². The van der Waals surface area contributed by atoms with Crippen LogP contribution >= 0.6 is 0 Å². The summed E-state index contributed by atoms with van der Waals surface area (Å²) in [7, 11) is 0. The number of carbonyl (C=O) groups is 2. The molecule has 11 nitrogen and oxygen atoms in total. The fraction of sp³-hybridized carbons (Fsp3) is 0.394. The van der Waals surface area contributed by atoms with Crippen molar-refractivity contribution in [2.45, 2.75) is 64.0 Å². The van der Waals surface area contributed by atoms with E-state index in [1.54, 1.807) is 48.5 Å². The zero-order chi connectivity index (χ0) is 34.2. The number of unbranched alkanes of at least 4 members (excludes halogenated alkanes) is 2. The number of nitrogen functional groups attached to an aromatic ring is 1. The molecule has 0 saturated carbocycles. The quantitative estimate of drug-likeness (QED) is 0.0507. The second-order valence-corrected chi connectivity index (χ2v) is 11.0. The van der Waals surface area contributed by atoms with Gasteiger partial charge in [-0.2, -0.15) is 13.2 Å². The highest BCUT2D eigenvalue weighted by Gasteiger charge is 2.31. The normalized spacial score (nSPS) is 12.1. The molecule has 0 spiro atoms. The van der Waals surface area contributed by atoms with Crippen LogP contribution in [0.3, 0.4) is 0 Å².